The number of hydrogen-bond donors (Lipinski definition) is 0. The molecule has 0 saturated heterocycles. The fourth-order valence-electron chi connectivity index (χ4n) is 2.05. The van der Waals surface area contributed by atoms with Crippen molar-refractivity contribution >= 4 is 29.4 Å². The molecule has 0 bridgehead atoms. The third kappa shape index (κ3) is 5.92. The maximum Gasteiger partial charge on any atom is 0.316 e. The lowest BCUT2D eigenvalue weighted by atomic mass is 9.81. The molecule has 1 atom stereocenters. The number of ketones is 1. The van der Waals surface area contributed by atoms with Gasteiger partial charge in [0.1, 0.15) is 0 Å². The Morgan fingerprint density at radius 2 is 2.09 bits per heavy atom. The van der Waals surface area contributed by atoms with E-state index in [1.807, 2.05) is 31.2 Å². The Balaban J connectivity index is 3.13. The van der Waals surface area contributed by atoms with E-state index in [1.54, 1.807) is 19.1 Å². The zero-order valence-electron chi connectivity index (χ0n) is 13.7. The summed E-state index contributed by atoms with van der Waals surface area (Å²) in [7, 11) is 0. The molecular formula is C19H21ClO3. The zero-order valence-corrected chi connectivity index (χ0v) is 14.4. The molecule has 0 heterocycles. The molecule has 1 unspecified atom stereocenters. The normalized spacial score (nSPS) is 13.0. The van der Waals surface area contributed by atoms with Crippen LogP contribution in [0.1, 0.15) is 39.2 Å². The number of hydrogen-bond acceptors (Lipinski definition) is 3. The predicted octanol–water partition coefficient (Wildman–Crippen LogP) is 4.30. The highest BCUT2D eigenvalue weighted by Crippen LogP contribution is 2.31. The minimum absolute atomic E-state index is 0.224. The molecule has 1 rings (SSSR count). The van der Waals surface area contributed by atoms with E-state index in [9.17, 15) is 9.59 Å². The van der Waals surface area contributed by atoms with E-state index in [-0.39, 0.29) is 18.2 Å². The van der Waals surface area contributed by atoms with Gasteiger partial charge in [0.15, 0.2) is 0 Å². The second kappa shape index (κ2) is 9.17. The molecule has 0 saturated carbocycles. The van der Waals surface area contributed by atoms with Crippen molar-refractivity contribution in [1.82, 2.24) is 0 Å². The first kappa shape index (κ1) is 19.0. The Kier molecular flexibility index (Phi) is 7.57. The summed E-state index contributed by atoms with van der Waals surface area (Å²) in [5.74, 6) is 4.71. The summed E-state index contributed by atoms with van der Waals surface area (Å²) in [6.07, 6.45) is 4.39. The summed E-state index contributed by atoms with van der Waals surface area (Å²) in [6, 6.07) is 7.34. The molecule has 0 radical (unpaired) electrons. The number of halogens is 1. The van der Waals surface area contributed by atoms with Crippen LogP contribution in [0.4, 0.5) is 0 Å². The molecule has 0 amide bonds. The molecule has 1 aromatic carbocycles. The van der Waals surface area contributed by atoms with Gasteiger partial charge in [-0.25, -0.2) is 0 Å². The molecule has 1 aromatic rings. The minimum atomic E-state index is -0.874. The van der Waals surface area contributed by atoms with Gasteiger partial charge in [0.2, 0.25) is 5.78 Å². The van der Waals surface area contributed by atoms with Crippen molar-refractivity contribution in [2.75, 3.05) is 6.61 Å². The molecule has 0 N–H and O–H groups in total. The molecule has 0 aliphatic rings. The number of benzene rings is 1. The molecule has 0 aliphatic carbocycles. The van der Waals surface area contributed by atoms with E-state index in [4.69, 9.17) is 16.3 Å². The van der Waals surface area contributed by atoms with E-state index in [1.165, 1.54) is 6.92 Å². The lowest BCUT2D eigenvalue weighted by Gasteiger charge is -2.24. The van der Waals surface area contributed by atoms with E-state index in [0.29, 0.717) is 18.1 Å². The Bertz CT molecular complexity index is 652. The van der Waals surface area contributed by atoms with Crippen LogP contribution in [0.15, 0.2) is 30.3 Å². The average molecular weight is 333 g/mol. The standard InChI is InChI=1S/C19H21ClO3/c1-4-19(18(22)23-5-2,12-7-8-15(3)21)13-11-16-9-6-10-17(20)14-16/h6,9-11,13-14H,4-5,12H2,1-3H3. The molecule has 0 aromatic heterocycles. The van der Waals surface area contributed by atoms with E-state index in [0.717, 1.165) is 5.56 Å². The van der Waals surface area contributed by atoms with Crippen molar-refractivity contribution in [2.45, 2.75) is 33.6 Å². The van der Waals surface area contributed by atoms with Crippen molar-refractivity contribution in [3.8, 4) is 11.8 Å². The number of carbonyl (C=O) groups excluding carboxylic acids is 2. The Morgan fingerprint density at radius 3 is 2.65 bits per heavy atom. The fraction of sp³-hybridized carbons (Fsp3) is 0.368. The second-order valence-electron chi connectivity index (χ2n) is 5.15. The van der Waals surface area contributed by atoms with Crippen LogP contribution in [0.2, 0.25) is 5.02 Å². The van der Waals surface area contributed by atoms with Crippen molar-refractivity contribution in [1.29, 1.82) is 0 Å². The van der Waals surface area contributed by atoms with Crippen molar-refractivity contribution in [3.63, 3.8) is 0 Å². The highest BCUT2D eigenvalue weighted by molar-refractivity contribution is 6.30. The summed E-state index contributed by atoms with van der Waals surface area (Å²) in [4.78, 5) is 23.4. The van der Waals surface area contributed by atoms with Crippen LogP contribution >= 0.6 is 11.6 Å². The van der Waals surface area contributed by atoms with Gasteiger partial charge in [-0.05, 0) is 37.0 Å². The van der Waals surface area contributed by atoms with Gasteiger partial charge in [0, 0.05) is 18.4 Å². The van der Waals surface area contributed by atoms with Crippen molar-refractivity contribution < 1.29 is 14.3 Å². The molecule has 3 nitrogen and oxygen atoms in total. The molecule has 0 aliphatic heterocycles. The van der Waals surface area contributed by atoms with Gasteiger partial charge in [0.25, 0.3) is 0 Å². The first-order valence-corrected chi connectivity index (χ1v) is 7.92. The quantitative estimate of drug-likeness (QED) is 0.443. The molecule has 4 heteroatoms. The number of Topliss-reactive ketones (excluding diaryl/α,β-unsaturated/α-hetero) is 1. The number of ether oxygens (including phenoxy) is 1. The van der Waals surface area contributed by atoms with Crippen LogP contribution in [0.5, 0.6) is 0 Å². The van der Waals surface area contributed by atoms with Gasteiger partial charge < -0.3 is 4.74 Å². The number of esters is 1. The van der Waals surface area contributed by atoms with Gasteiger partial charge >= 0.3 is 5.97 Å². The number of rotatable bonds is 6. The Hall–Kier alpha value is -2.05. The minimum Gasteiger partial charge on any atom is -0.465 e. The second-order valence-corrected chi connectivity index (χ2v) is 5.59. The molecule has 23 heavy (non-hydrogen) atoms. The van der Waals surface area contributed by atoms with E-state index < -0.39 is 5.41 Å². The SMILES string of the molecule is CCOC(=O)C(C=Cc1cccc(Cl)c1)(CC)CC#CC(C)=O. The summed E-state index contributed by atoms with van der Waals surface area (Å²) >= 11 is 5.97. The highest BCUT2D eigenvalue weighted by Gasteiger charge is 2.34. The highest BCUT2D eigenvalue weighted by atomic mass is 35.5. The largest absolute Gasteiger partial charge is 0.465 e. The van der Waals surface area contributed by atoms with Crippen molar-refractivity contribution in [2.24, 2.45) is 5.41 Å². The summed E-state index contributed by atoms with van der Waals surface area (Å²) in [5, 5.41) is 0.627. The summed E-state index contributed by atoms with van der Waals surface area (Å²) < 4.78 is 5.20. The van der Waals surface area contributed by atoms with Gasteiger partial charge in [-0.15, -0.1) is 0 Å². The zero-order chi connectivity index (χ0) is 17.3. The average Bonchev–Trinajstić information content (AvgIpc) is 2.51. The predicted molar refractivity (Wildman–Crippen MR) is 92.9 cm³/mol. The van der Waals surface area contributed by atoms with Gasteiger partial charge in [-0.1, -0.05) is 48.7 Å². The lowest BCUT2D eigenvalue weighted by Crippen LogP contribution is -2.30. The third-order valence-electron chi connectivity index (χ3n) is 3.42. The molecule has 0 spiro atoms. The van der Waals surface area contributed by atoms with Crippen LogP contribution in [0.3, 0.4) is 0 Å². The summed E-state index contributed by atoms with van der Waals surface area (Å²) in [5.41, 5.74) is 0.0139. The van der Waals surface area contributed by atoms with Crippen LogP contribution in [-0.2, 0) is 14.3 Å². The maximum atomic E-state index is 12.4. The number of carbonyl (C=O) groups is 2. The van der Waals surface area contributed by atoms with E-state index in [2.05, 4.69) is 11.8 Å². The van der Waals surface area contributed by atoms with E-state index >= 15 is 0 Å². The Labute approximate surface area is 142 Å². The van der Waals surface area contributed by atoms with Crippen LogP contribution < -0.4 is 0 Å². The Morgan fingerprint density at radius 1 is 1.35 bits per heavy atom. The van der Waals surface area contributed by atoms with Gasteiger partial charge in [-0.3, -0.25) is 9.59 Å². The van der Waals surface area contributed by atoms with Crippen LogP contribution in [0, 0.1) is 17.3 Å². The van der Waals surface area contributed by atoms with Gasteiger partial charge in [0.05, 0.1) is 12.0 Å². The first-order chi connectivity index (χ1) is 10.9. The third-order valence-corrected chi connectivity index (χ3v) is 3.66. The van der Waals surface area contributed by atoms with Crippen LogP contribution in [0.25, 0.3) is 6.08 Å². The topological polar surface area (TPSA) is 43.4 Å². The maximum absolute atomic E-state index is 12.4. The first-order valence-electron chi connectivity index (χ1n) is 7.55. The lowest BCUT2D eigenvalue weighted by molar-refractivity contribution is -0.152. The van der Waals surface area contributed by atoms with Crippen LogP contribution in [-0.4, -0.2) is 18.4 Å². The monoisotopic (exact) mass is 332 g/mol. The molecule has 0 fully saturated rings. The van der Waals surface area contributed by atoms with Gasteiger partial charge in [-0.2, -0.15) is 0 Å². The summed E-state index contributed by atoms with van der Waals surface area (Å²) in [6.45, 7) is 5.35. The fourth-order valence-corrected chi connectivity index (χ4v) is 2.25. The smallest absolute Gasteiger partial charge is 0.316 e. The molecular weight excluding hydrogens is 312 g/mol. The molecule has 122 valence electrons. The van der Waals surface area contributed by atoms with Crippen molar-refractivity contribution in [3.05, 3.63) is 40.9 Å².